The van der Waals surface area contributed by atoms with Crippen molar-refractivity contribution in [3.8, 4) is 11.1 Å². The Morgan fingerprint density at radius 3 is 2.53 bits per heavy atom. The number of carbonyl (C=O) groups excluding carboxylic acids is 2. The number of ether oxygens (including phenoxy) is 1. The van der Waals surface area contributed by atoms with Crippen LogP contribution in [0.1, 0.15) is 44.1 Å². The Kier molecular flexibility index (Phi) is 4.88. The second-order valence-corrected chi connectivity index (χ2v) is 9.59. The predicted octanol–water partition coefficient (Wildman–Crippen LogP) is 4.65. The topological polar surface area (TPSA) is 46.6 Å². The smallest absolute Gasteiger partial charge is 0.306 e. The summed E-state index contributed by atoms with van der Waals surface area (Å²) >= 11 is 0. The van der Waals surface area contributed by atoms with Gasteiger partial charge in [-0.25, -0.2) is 0 Å². The van der Waals surface area contributed by atoms with E-state index in [1.807, 2.05) is 6.07 Å². The molecule has 3 aliphatic rings. The van der Waals surface area contributed by atoms with Gasteiger partial charge >= 0.3 is 5.97 Å². The molecule has 4 nitrogen and oxygen atoms in total. The fourth-order valence-corrected chi connectivity index (χ4v) is 5.74. The van der Waals surface area contributed by atoms with Gasteiger partial charge in [0.15, 0.2) is 0 Å². The van der Waals surface area contributed by atoms with Crippen molar-refractivity contribution in [2.24, 2.45) is 17.3 Å². The molecule has 2 aliphatic heterocycles. The molecule has 5 rings (SSSR count). The highest BCUT2D eigenvalue weighted by molar-refractivity contribution is 5.81. The van der Waals surface area contributed by atoms with Crippen LogP contribution in [0.5, 0.6) is 0 Å². The van der Waals surface area contributed by atoms with Gasteiger partial charge in [-0.05, 0) is 47.8 Å². The molecule has 0 aromatic heterocycles. The molecule has 2 aromatic rings. The number of likely N-dealkylation sites (tertiary alicyclic amines) is 1. The number of esters is 1. The number of hydrogen-bond donors (Lipinski definition) is 0. The molecule has 2 heterocycles. The second kappa shape index (κ2) is 7.57. The highest BCUT2D eigenvalue weighted by atomic mass is 16.5. The van der Waals surface area contributed by atoms with Gasteiger partial charge in [-0.2, -0.15) is 0 Å². The van der Waals surface area contributed by atoms with Crippen LogP contribution in [0.3, 0.4) is 0 Å². The van der Waals surface area contributed by atoms with Crippen LogP contribution in [0.4, 0.5) is 0 Å². The molecule has 30 heavy (non-hydrogen) atoms. The molecule has 1 aliphatic carbocycles. The number of hydrogen-bond acceptors (Lipinski definition) is 3. The molecule has 0 unspecified atom stereocenters. The van der Waals surface area contributed by atoms with E-state index in [1.54, 1.807) is 0 Å². The Bertz CT molecular complexity index is 948. The van der Waals surface area contributed by atoms with Crippen LogP contribution in [0.25, 0.3) is 11.1 Å². The summed E-state index contributed by atoms with van der Waals surface area (Å²) in [5.74, 6) is 1.16. The summed E-state index contributed by atoms with van der Waals surface area (Å²) in [4.78, 5) is 26.5. The van der Waals surface area contributed by atoms with E-state index < -0.39 is 0 Å². The zero-order valence-corrected chi connectivity index (χ0v) is 17.5. The first-order valence-electron chi connectivity index (χ1n) is 11.1. The van der Waals surface area contributed by atoms with Crippen LogP contribution in [-0.4, -0.2) is 36.5 Å². The Morgan fingerprint density at radius 2 is 1.83 bits per heavy atom. The molecule has 0 radical (unpaired) electrons. The second-order valence-electron chi connectivity index (χ2n) is 9.59. The van der Waals surface area contributed by atoms with E-state index in [0.717, 1.165) is 32.4 Å². The van der Waals surface area contributed by atoms with E-state index in [0.29, 0.717) is 24.9 Å². The third kappa shape index (κ3) is 3.53. The van der Waals surface area contributed by atoms with Crippen molar-refractivity contribution < 1.29 is 14.3 Å². The minimum atomic E-state index is -0.104. The maximum Gasteiger partial charge on any atom is 0.306 e. The number of piperidine rings is 1. The summed E-state index contributed by atoms with van der Waals surface area (Å²) in [6.45, 7) is 4.41. The number of cyclic esters (lactones) is 1. The van der Waals surface area contributed by atoms with Gasteiger partial charge in [-0.15, -0.1) is 0 Å². The van der Waals surface area contributed by atoms with Crippen molar-refractivity contribution in [3.63, 3.8) is 0 Å². The molecule has 3 fully saturated rings. The molecule has 1 saturated carbocycles. The number of amides is 1. The maximum absolute atomic E-state index is 13.0. The maximum atomic E-state index is 13.0. The lowest BCUT2D eigenvalue weighted by atomic mass is 9.61. The number of nitrogens with zero attached hydrogens (tertiary/aromatic N) is 1. The van der Waals surface area contributed by atoms with E-state index >= 15 is 0 Å². The van der Waals surface area contributed by atoms with E-state index in [1.165, 1.54) is 16.7 Å². The van der Waals surface area contributed by atoms with Crippen molar-refractivity contribution in [3.05, 3.63) is 60.2 Å². The monoisotopic (exact) mass is 403 g/mol. The number of benzene rings is 2. The first kappa shape index (κ1) is 19.3. The van der Waals surface area contributed by atoms with Crippen molar-refractivity contribution in [1.82, 2.24) is 4.90 Å². The fraction of sp³-hybridized carbons (Fsp3) is 0.462. The van der Waals surface area contributed by atoms with Gasteiger partial charge < -0.3 is 9.64 Å². The minimum absolute atomic E-state index is 0.0424. The average Bonchev–Trinajstić information content (AvgIpc) is 3.15. The largest absolute Gasteiger partial charge is 0.465 e. The van der Waals surface area contributed by atoms with Crippen LogP contribution in [0.15, 0.2) is 54.6 Å². The van der Waals surface area contributed by atoms with Crippen LogP contribution in [0, 0.1) is 17.3 Å². The van der Waals surface area contributed by atoms with Gasteiger partial charge in [-0.1, -0.05) is 61.5 Å². The van der Waals surface area contributed by atoms with Gasteiger partial charge in [0.2, 0.25) is 5.91 Å². The van der Waals surface area contributed by atoms with Gasteiger partial charge in [0.1, 0.15) is 0 Å². The van der Waals surface area contributed by atoms with Crippen molar-refractivity contribution in [1.29, 1.82) is 0 Å². The zero-order valence-electron chi connectivity index (χ0n) is 17.5. The van der Waals surface area contributed by atoms with E-state index in [2.05, 4.69) is 60.4 Å². The summed E-state index contributed by atoms with van der Waals surface area (Å²) < 4.78 is 5.14. The normalized spacial score (nSPS) is 30.8. The Balaban J connectivity index is 1.22. The Labute approximate surface area is 178 Å². The highest BCUT2D eigenvalue weighted by Crippen LogP contribution is 2.52. The van der Waals surface area contributed by atoms with Gasteiger partial charge in [0.25, 0.3) is 0 Å². The lowest BCUT2D eigenvalue weighted by Crippen LogP contribution is -2.50. The van der Waals surface area contributed by atoms with Gasteiger partial charge in [-0.3, -0.25) is 9.59 Å². The third-order valence-corrected chi connectivity index (χ3v) is 7.41. The molecule has 2 atom stereocenters. The first-order chi connectivity index (χ1) is 14.5. The summed E-state index contributed by atoms with van der Waals surface area (Å²) in [5.41, 5.74) is 3.83. The Hall–Kier alpha value is -2.62. The van der Waals surface area contributed by atoms with Crippen molar-refractivity contribution in [2.75, 3.05) is 19.7 Å². The highest BCUT2D eigenvalue weighted by Gasteiger charge is 2.53. The summed E-state index contributed by atoms with van der Waals surface area (Å²) in [5, 5.41) is 0. The van der Waals surface area contributed by atoms with Crippen LogP contribution in [0.2, 0.25) is 0 Å². The van der Waals surface area contributed by atoms with Crippen molar-refractivity contribution >= 4 is 11.9 Å². The van der Waals surface area contributed by atoms with E-state index in [9.17, 15) is 9.59 Å². The molecule has 1 amide bonds. The van der Waals surface area contributed by atoms with Gasteiger partial charge in [0.05, 0.1) is 13.0 Å². The minimum Gasteiger partial charge on any atom is -0.465 e. The van der Waals surface area contributed by atoms with Crippen molar-refractivity contribution in [2.45, 2.75) is 38.5 Å². The zero-order chi connectivity index (χ0) is 20.7. The van der Waals surface area contributed by atoms with Gasteiger partial charge in [0, 0.05) is 24.4 Å². The molecular weight excluding hydrogens is 374 g/mol. The standard InChI is InChI=1S/C26H29NO3/c1-18-16-27(25(29)22-13-26(14-22)15-24(28)30-17-26)11-10-23(18)21-9-5-8-20(12-21)19-6-3-2-4-7-19/h2-9,12,18,22-23H,10-11,13-17H2,1H3/t18-,22?,23+,26?/m1/s1. The SMILES string of the molecule is C[C@@H]1CN(C(=O)C2CC3(COC(=O)C3)C2)CC[C@@H]1c1cccc(-c2ccccc2)c1. The fourth-order valence-electron chi connectivity index (χ4n) is 5.74. The summed E-state index contributed by atoms with van der Waals surface area (Å²) in [6.07, 6.45) is 3.12. The Morgan fingerprint density at radius 1 is 1.07 bits per heavy atom. The quantitative estimate of drug-likeness (QED) is 0.701. The molecule has 2 aromatic carbocycles. The molecular formula is C26H29NO3. The lowest BCUT2D eigenvalue weighted by Gasteiger charge is -2.46. The molecule has 2 saturated heterocycles. The lowest BCUT2D eigenvalue weighted by molar-refractivity contribution is -0.145. The number of rotatable bonds is 3. The molecule has 4 heteroatoms. The molecule has 0 N–H and O–H groups in total. The summed E-state index contributed by atoms with van der Waals surface area (Å²) in [7, 11) is 0. The molecule has 1 spiro atoms. The number of carbonyl (C=O) groups is 2. The van der Waals surface area contributed by atoms with Crippen LogP contribution >= 0.6 is 0 Å². The predicted molar refractivity (Wildman–Crippen MR) is 116 cm³/mol. The third-order valence-electron chi connectivity index (χ3n) is 7.41. The summed E-state index contributed by atoms with van der Waals surface area (Å²) in [6, 6.07) is 19.4. The molecule has 0 bridgehead atoms. The average molecular weight is 404 g/mol. The molecule has 156 valence electrons. The van der Waals surface area contributed by atoms with E-state index in [4.69, 9.17) is 4.74 Å². The van der Waals surface area contributed by atoms with Crippen LogP contribution < -0.4 is 0 Å². The van der Waals surface area contributed by atoms with E-state index in [-0.39, 0.29) is 23.2 Å². The van der Waals surface area contributed by atoms with Crippen LogP contribution in [-0.2, 0) is 14.3 Å². The first-order valence-corrected chi connectivity index (χ1v) is 11.1.